The zero-order valence-corrected chi connectivity index (χ0v) is 12.1. The number of nitrogens with one attached hydrogen (secondary N) is 1. The van der Waals surface area contributed by atoms with E-state index in [2.05, 4.69) is 10.2 Å². The number of urea groups is 1. The topological polar surface area (TPSA) is 70.8 Å². The van der Waals surface area contributed by atoms with Gasteiger partial charge in [0.2, 0.25) is 0 Å². The van der Waals surface area contributed by atoms with Crippen LogP contribution in [0.4, 0.5) is 10.5 Å². The van der Waals surface area contributed by atoms with Crippen LogP contribution >= 0.6 is 0 Å². The normalized spacial score (nSPS) is 22.0. The Kier molecular flexibility index (Phi) is 4.15. The number of nitrogens with zero attached hydrogens (tertiary/aromatic N) is 2. The van der Waals surface area contributed by atoms with Crippen LogP contribution in [0.5, 0.6) is 5.75 Å². The molecule has 2 aliphatic rings. The fourth-order valence-corrected chi connectivity index (χ4v) is 2.91. The molecule has 1 unspecified atom stereocenters. The summed E-state index contributed by atoms with van der Waals surface area (Å²) in [6.45, 7) is 5.22. The van der Waals surface area contributed by atoms with Gasteiger partial charge >= 0.3 is 6.03 Å². The third-order valence-corrected chi connectivity index (χ3v) is 4.08. The van der Waals surface area contributed by atoms with Crippen LogP contribution in [0.25, 0.3) is 0 Å². The number of piperazine rings is 1. The molecule has 0 bridgehead atoms. The molecule has 114 valence electrons. The van der Waals surface area contributed by atoms with E-state index in [4.69, 9.17) is 10.5 Å². The van der Waals surface area contributed by atoms with Crippen molar-refractivity contribution in [2.75, 3.05) is 45.1 Å². The second-order valence-corrected chi connectivity index (χ2v) is 5.60. The number of ether oxygens (including phenoxy) is 1. The smallest absolute Gasteiger partial charge is 0.317 e. The van der Waals surface area contributed by atoms with E-state index in [1.807, 2.05) is 29.2 Å². The molecule has 1 atom stereocenters. The molecule has 2 fully saturated rings. The first-order valence-corrected chi connectivity index (χ1v) is 7.47. The van der Waals surface area contributed by atoms with Gasteiger partial charge in [-0.3, -0.25) is 4.90 Å². The van der Waals surface area contributed by atoms with E-state index in [0.29, 0.717) is 12.6 Å². The van der Waals surface area contributed by atoms with Crippen molar-refractivity contribution in [2.45, 2.75) is 12.5 Å². The molecular formula is C15H22N4O2. The van der Waals surface area contributed by atoms with Gasteiger partial charge in [0.25, 0.3) is 0 Å². The van der Waals surface area contributed by atoms with Crippen LogP contribution in [-0.4, -0.2) is 61.2 Å². The second kappa shape index (κ2) is 6.22. The van der Waals surface area contributed by atoms with Crippen molar-refractivity contribution >= 4 is 11.7 Å². The molecule has 3 N–H and O–H groups in total. The van der Waals surface area contributed by atoms with Crippen molar-refractivity contribution in [1.82, 2.24) is 15.1 Å². The molecule has 1 aromatic rings. The van der Waals surface area contributed by atoms with Gasteiger partial charge in [0.1, 0.15) is 5.75 Å². The number of hydrogen-bond acceptors (Lipinski definition) is 4. The van der Waals surface area contributed by atoms with Gasteiger partial charge < -0.3 is 20.7 Å². The Bertz CT molecular complexity index is 491. The van der Waals surface area contributed by atoms with Crippen LogP contribution in [-0.2, 0) is 0 Å². The Balaban J connectivity index is 1.36. The summed E-state index contributed by atoms with van der Waals surface area (Å²) >= 11 is 0. The molecule has 3 rings (SSSR count). The number of nitrogen functional groups attached to an aromatic ring is 1. The molecular weight excluding hydrogens is 268 g/mol. The fraction of sp³-hybridized carbons (Fsp3) is 0.533. The number of anilines is 1. The summed E-state index contributed by atoms with van der Waals surface area (Å²) in [6, 6.07) is 7.90. The van der Waals surface area contributed by atoms with Gasteiger partial charge in [0.05, 0.1) is 12.6 Å². The first kappa shape index (κ1) is 14.0. The number of amides is 2. The molecule has 0 radical (unpaired) electrons. The lowest BCUT2D eigenvalue weighted by Gasteiger charge is -2.36. The molecule has 2 heterocycles. The highest BCUT2D eigenvalue weighted by molar-refractivity contribution is 5.77. The van der Waals surface area contributed by atoms with Crippen molar-refractivity contribution in [1.29, 1.82) is 0 Å². The van der Waals surface area contributed by atoms with Gasteiger partial charge in [0, 0.05) is 38.4 Å². The summed E-state index contributed by atoms with van der Waals surface area (Å²) in [5, 5.41) is 2.90. The van der Waals surface area contributed by atoms with Crippen LogP contribution in [0.15, 0.2) is 24.3 Å². The second-order valence-electron chi connectivity index (χ2n) is 5.60. The van der Waals surface area contributed by atoms with Crippen molar-refractivity contribution < 1.29 is 9.53 Å². The minimum Gasteiger partial charge on any atom is -0.494 e. The van der Waals surface area contributed by atoms with Gasteiger partial charge in [-0.2, -0.15) is 0 Å². The molecule has 6 heteroatoms. The summed E-state index contributed by atoms with van der Waals surface area (Å²) < 4.78 is 5.70. The lowest BCUT2D eigenvalue weighted by Crippen LogP contribution is -2.52. The first-order valence-electron chi connectivity index (χ1n) is 7.47. The van der Waals surface area contributed by atoms with Gasteiger partial charge in [-0.1, -0.05) is 0 Å². The molecule has 2 saturated heterocycles. The lowest BCUT2D eigenvalue weighted by molar-refractivity contribution is 0.116. The quantitative estimate of drug-likeness (QED) is 0.620. The Morgan fingerprint density at radius 3 is 2.90 bits per heavy atom. The highest BCUT2D eigenvalue weighted by Gasteiger charge is 2.34. The number of hydrogen-bond donors (Lipinski definition) is 2. The maximum absolute atomic E-state index is 11.5. The Morgan fingerprint density at radius 2 is 2.10 bits per heavy atom. The van der Waals surface area contributed by atoms with Crippen molar-refractivity contribution in [3.8, 4) is 5.75 Å². The molecule has 0 aromatic heterocycles. The van der Waals surface area contributed by atoms with E-state index < -0.39 is 0 Å². The predicted molar refractivity (Wildman–Crippen MR) is 81.3 cm³/mol. The summed E-state index contributed by atoms with van der Waals surface area (Å²) in [5.74, 6) is 0.861. The minimum absolute atomic E-state index is 0.0892. The zero-order chi connectivity index (χ0) is 14.7. The van der Waals surface area contributed by atoms with Crippen molar-refractivity contribution in [3.63, 3.8) is 0 Å². The summed E-state index contributed by atoms with van der Waals surface area (Å²) in [6.07, 6.45) is 0.985. The fourth-order valence-electron chi connectivity index (χ4n) is 2.91. The summed E-state index contributed by atoms with van der Waals surface area (Å²) in [7, 11) is 0. The zero-order valence-electron chi connectivity index (χ0n) is 12.1. The molecule has 1 aromatic carbocycles. The number of nitrogens with two attached hydrogens (primary N) is 1. The monoisotopic (exact) mass is 290 g/mol. The van der Waals surface area contributed by atoms with Crippen LogP contribution < -0.4 is 15.8 Å². The van der Waals surface area contributed by atoms with E-state index >= 15 is 0 Å². The van der Waals surface area contributed by atoms with Crippen LogP contribution in [0, 0.1) is 0 Å². The number of fused-ring (bicyclic) bond motifs is 1. The largest absolute Gasteiger partial charge is 0.494 e. The number of carbonyl (C=O) groups is 1. The predicted octanol–water partition coefficient (Wildman–Crippen LogP) is 0.747. The van der Waals surface area contributed by atoms with E-state index in [9.17, 15) is 4.79 Å². The third kappa shape index (κ3) is 3.39. The number of rotatable bonds is 5. The average molecular weight is 290 g/mol. The SMILES string of the molecule is Nc1ccc(OCCCN2CCN3C(=O)NCC3C2)cc1. The molecule has 2 amide bonds. The Hall–Kier alpha value is -1.95. The lowest BCUT2D eigenvalue weighted by atomic mass is 10.2. The number of carbonyl (C=O) groups excluding carboxylic acids is 1. The highest BCUT2D eigenvalue weighted by atomic mass is 16.5. The Morgan fingerprint density at radius 1 is 1.29 bits per heavy atom. The number of benzene rings is 1. The molecule has 6 nitrogen and oxygen atoms in total. The van der Waals surface area contributed by atoms with E-state index in [-0.39, 0.29) is 6.03 Å². The van der Waals surface area contributed by atoms with Crippen LogP contribution in [0.2, 0.25) is 0 Å². The molecule has 21 heavy (non-hydrogen) atoms. The van der Waals surface area contributed by atoms with Crippen LogP contribution in [0.3, 0.4) is 0 Å². The standard InChI is InChI=1S/C15H22N4O2/c16-12-2-4-14(5-3-12)21-9-1-6-18-7-8-19-13(11-18)10-17-15(19)20/h2-5,13H,1,6-11,16H2,(H,17,20). The Labute approximate surface area is 124 Å². The third-order valence-electron chi connectivity index (χ3n) is 4.08. The van der Waals surface area contributed by atoms with E-state index in [1.165, 1.54) is 0 Å². The molecule has 2 aliphatic heterocycles. The molecule has 0 saturated carbocycles. The van der Waals surface area contributed by atoms with Gasteiger partial charge in [-0.25, -0.2) is 4.79 Å². The summed E-state index contributed by atoms with van der Waals surface area (Å²) in [4.78, 5) is 15.9. The first-order chi connectivity index (χ1) is 10.2. The van der Waals surface area contributed by atoms with E-state index in [1.54, 1.807) is 0 Å². The highest BCUT2D eigenvalue weighted by Crippen LogP contribution is 2.15. The van der Waals surface area contributed by atoms with Gasteiger partial charge in [0.15, 0.2) is 0 Å². The van der Waals surface area contributed by atoms with Gasteiger partial charge in [-0.15, -0.1) is 0 Å². The van der Waals surface area contributed by atoms with Gasteiger partial charge in [-0.05, 0) is 30.7 Å². The average Bonchev–Trinajstić information content (AvgIpc) is 2.86. The van der Waals surface area contributed by atoms with Crippen molar-refractivity contribution in [2.24, 2.45) is 0 Å². The maximum atomic E-state index is 11.5. The summed E-state index contributed by atoms with van der Waals surface area (Å²) in [5.41, 5.74) is 6.39. The minimum atomic E-state index is 0.0892. The molecule has 0 aliphatic carbocycles. The maximum Gasteiger partial charge on any atom is 0.317 e. The van der Waals surface area contributed by atoms with E-state index in [0.717, 1.165) is 50.6 Å². The van der Waals surface area contributed by atoms with Crippen molar-refractivity contribution in [3.05, 3.63) is 24.3 Å². The molecule has 0 spiro atoms. The van der Waals surface area contributed by atoms with Crippen LogP contribution in [0.1, 0.15) is 6.42 Å².